The zero-order valence-corrected chi connectivity index (χ0v) is 16.5. The molecular weight excluding hydrogens is 372 g/mol. The zero-order chi connectivity index (χ0) is 19.9. The van der Waals surface area contributed by atoms with Crippen LogP contribution in [0.15, 0.2) is 53.9 Å². The molecule has 142 valence electrons. The third-order valence-corrected chi connectivity index (χ3v) is 5.12. The molecule has 1 amide bonds. The van der Waals surface area contributed by atoms with E-state index in [4.69, 9.17) is 5.26 Å². The SMILES string of the molecule is CCCn1c(S[C@H](C)C(=O)Nc2ccc(C#N)cc2)nnc1-c1ccncc1. The highest BCUT2D eigenvalue weighted by molar-refractivity contribution is 8.00. The van der Waals surface area contributed by atoms with Gasteiger partial charge in [0.05, 0.1) is 16.9 Å². The van der Waals surface area contributed by atoms with Gasteiger partial charge < -0.3 is 9.88 Å². The van der Waals surface area contributed by atoms with E-state index in [-0.39, 0.29) is 11.2 Å². The third kappa shape index (κ3) is 4.56. The minimum atomic E-state index is -0.360. The van der Waals surface area contributed by atoms with Crippen molar-refractivity contribution in [1.82, 2.24) is 19.7 Å². The van der Waals surface area contributed by atoms with Crippen LogP contribution in [0.4, 0.5) is 5.69 Å². The number of aromatic nitrogens is 4. The van der Waals surface area contributed by atoms with Crippen LogP contribution < -0.4 is 5.32 Å². The van der Waals surface area contributed by atoms with E-state index in [1.54, 1.807) is 36.7 Å². The standard InChI is InChI=1S/C20H20N6OS/c1-3-12-26-18(16-8-10-22-11-9-16)24-25-20(26)28-14(2)19(27)23-17-6-4-15(13-21)5-7-17/h4-11,14H,3,12H2,1-2H3,(H,23,27)/t14-/m1/s1. The minimum Gasteiger partial charge on any atom is -0.325 e. The fourth-order valence-electron chi connectivity index (χ4n) is 2.60. The number of carbonyl (C=O) groups excluding carboxylic acids is 1. The quantitative estimate of drug-likeness (QED) is 0.615. The highest BCUT2D eigenvalue weighted by Crippen LogP contribution is 2.27. The van der Waals surface area contributed by atoms with Gasteiger partial charge in [0.25, 0.3) is 0 Å². The van der Waals surface area contributed by atoms with E-state index in [1.165, 1.54) is 11.8 Å². The van der Waals surface area contributed by atoms with Crippen molar-refractivity contribution in [1.29, 1.82) is 5.26 Å². The summed E-state index contributed by atoms with van der Waals surface area (Å²) in [6, 6.07) is 12.6. The summed E-state index contributed by atoms with van der Waals surface area (Å²) in [4.78, 5) is 16.6. The molecule has 1 atom stereocenters. The highest BCUT2D eigenvalue weighted by Gasteiger charge is 2.20. The lowest BCUT2D eigenvalue weighted by molar-refractivity contribution is -0.115. The number of nitriles is 1. The van der Waals surface area contributed by atoms with Crippen LogP contribution >= 0.6 is 11.8 Å². The molecule has 0 bridgehead atoms. The van der Waals surface area contributed by atoms with Crippen LogP contribution in [-0.4, -0.2) is 30.9 Å². The van der Waals surface area contributed by atoms with Crippen molar-refractivity contribution in [2.45, 2.75) is 37.2 Å². The lowest BCUT2D eigenvalue weighted by Crippen LogP contribution is -2.23. The van der Waals surface area contributed by atoms with Crippen molar-refractivity contribution >= 4 is 23.4 Å². The molecule has 0 unspecified atom stereocenters. The van der Waals surface area contributed by atoms with E-state index in [2.05, 4.69) is 33.5 Å². The van der Waals surface area contributed by atoms with Crippen LogP contribution in [-0.2, 0) is 11.3 Å². The van der Waals surface area contributed by atoms with E-state index in [0.29, 0.717) is 16.4 Å². The van der Waals surface area contributed by atoms with Gasteiger partial charge in [0, 0.05) is 30.2 Å². The van der Waals surface area contributed by atoms with Crippen molar-refractivity contribution in [2.75, 3.05) is 5.32 Å². The molecule has 3 rings (SSSR count). The summed E-state index contributed by atoms with van der Waals surface area (Å²) in [5.74, 6) is 0.637. The number of nitrogens with zero attached hydrogens (tertiary/aromatic N) is 5. The largest absolute Gasteiger partial charge is 0.325 e. The second-order valence-electron chi connectivity index (χ2n) is 6.13. The molecule has 7 nitrogen and oxygen atoms in total. The molecule has 1 N–H and O–H groups in total. The molecule has 0 fully saturated rings. The van der Waals surface area contributed by atoms with Crippen LogP contribution in [0.3, 0.4) is 0 Å². The Morgan fingerprint density at radius 1 is 1.21 bits per heavy atom. The Kier molecular flexibility index (Phi) is 6.40. The number of pyridine rings is 1. The molecule has 0 saturated heterocycles. The van der Waals surface area contributed by atoms with Crippen molar-refractivity contribution < 1.29 is 4.79 Å². The summed E-state index contributed by atoms with van der Waals surface area (Å²) in [6.07, 6.45) is 4.37. The Labute approximate surface area is 167 Å². The summed E-state index contributed by atoms with van der Waals surface area (Å²) in [5.41, 5.74) is 2.15. The average molecular weight is 392 g/mol. The number of carbonyl (C=O) groups is 1. The molecule has 0 aliphatic heterocycles. The smallest absolute Gasteiger partial charge is 0.237 e. The van der Waals surface area contributed by atoms with Crippen molar-refractivity contribution in [3.05, 3.63) is 54.4 Å². The van der Waals surface area contributed by atoms with Crippen LogP contribution in [0.2, 0.25) is 0 Å². The molecule has 28 heavy (non-hydrogen) atoms. The molecule has 0 aliphatic rings. The number of anilines is 1. The molecule has 1 aromatic carbocycles. The van der Waals surface area contributed by atoms with Gasteiger partial charge in [-0.1, -0.05) is 18.7 Å². The first-order chi connectivity index (χ1) is 13.6. The monoisotopic (exact) mass is 392 g/mol. The molecule has 3 aromatic rings. The number of thioether (sulfide) groups is 1. The lowest BCUT2D eigenvalue weighted by Gasteiger charge is -2.13. The van der Waals surface area contributed by atoms with E-state index in [9.17, 15) is 4.79 Å². The molecule has 0 saturated carbocycles. The van der Waals surface area contributed by atoms with E-state index in [1.807, 2.05) is 23.6 Å². The van der Waals surface area contributed by atoms with Gasteiger partial charge in [0.1, 0.15) is 0 Å². The van der Waals surface area contributed by atoms with Crippen molar-refractivity contribution in [3.63, 3.8) is 0 Å². The van der Waals surface area contributed by atoms with Gasteiger partial charge in [-0.05, 0) is 49.7 Å². The van der Waals surface area contributed by atoms with Crippen molar-refractivity contribution in [2.24, 2.45) is 0 Å². The molecule has 0 aliphatic carbocycles. The Balaban J connectivity index is 1.74. The Hall–Kier alpha value is -3.18. The summed E-state index contributed by atoms with van der Waals surface area (Å²) >= 11 is 1.37. The van der Waals surface area contributed by atoms with Crippen molar-refractivity contribution in [3.8, 4) is 17.5 Å². The van der Waals surface area contributed by atoms with Gasteiger partial charge in [-0.25, -0.2) is 0 Å². The van der Waals surface area contributed by atoms with E-state index < -0.39 is 0 Å². The van der Waals surface area contributed by atoms with E-state index >= 15 is 0 Å². The number of hydrogen-bond acceptors (Lipinski definition) is 6. The van der Waals surface area contributed by atoms with Gasteiger partial charge in [-0.2, -0.15) is 5.26 Å². The molecule has 2 heterocycles. The molecule has 0 spiro atoms. The number of benzene rings is 1. The number of nitrogens with one attached hydrogen (secondary N) is 1. The lowest BCUT2D eigenvalue weighted by atomic mass is 10.2. The fourth-order valence-corrected chi connectivity index (χ4v) is 3.47. The van der Waals surface area contributed by atoms with Gasteiger partial charge >= 0.3 is 0 Å². The molecule has 0 radical (unpaired) electrons. The maximum atomic E-state index is 12.6. The van der Waals surface area contributed by atoms with Crippen LogP contribution in [0.25, 0.3) is 11.4 Å². The summed E-state index contributed by atoms with van der Waals surface area (Å²) in [5, 5.41) is 20.7. The van der Waals surface area contributed by atoms with Crippen LogP contribution in [0, 0.1) is 11.3 Å². The maximum Gasteiger partial charge on any atom is 0.237 e. The second kappa shape index (κ2) is 9.15. The highest BCUT2D eigenvalue weighted by atomic mass is 32.2. The molecule has 8 heteroatoms. The van der Waals surface area contributed by atoms with E-state index in [0.717, 1.165) is 24.4 Å². The Bertz CT molecular complexity index is 978. The minimum absolute atomic E-state index is 0.133. The Morgan fingerprint density at radius 3 is 2.57 bits per heavy atom. The van der Waals surface area contributed by atoms with Gasteiger partial charge in [0.15, 0.2) is 11.0 Å². The normalized spacial score (nSPS) is 11.6. The topological polar surface area (TPSA) is 96.5 Å². The summed E-state index contributed by atoms with van der Waals surface area (Å²) in [7, 11) is 0. The molecular formula is C20H20N6OS. The average Bonchev–Trinajstić information content (AvgIpc) is 3.11. The number of hydrogen-bond donors (Lipinski definition) is 1. The third-order valence-electron chi connectivity index (χ3n) is 4.04. The zero-order valence-electron chi connectivity index (χ0n) is 15.7. The van der Waals surface area contributed by atoms with Crippen LogP contribution in [0.5, 0.6) is 0 Å². The summed E-state index contributed by atoms with van der Waals surface area (Å²) in [6.45, 7) is 4.68. The Morgan fingerprint density at radius 2 is 1.93 bits per heavy atom. The van der Waals surface area contributed by atoms with Gasteiger partial charge in [0.2, 0.25) is 5.91 Å². The first-order valence-corrected chi connectivity index (χ1v) is 9.81. The first-order valence-electron chi connectivity index (χ1n) is 8.93. The number of amides is 1. The number of rotatable bonds is 7. The predicted octanol–water partition coefficient (Wildman–Crippen LogP) is 3.74. The molecule has 2 aromatic heterocycles. The first kappa shape index (κ1) is 19.6. The second-order valence-corrected chi connectivity index (χ2v) is 7.44. The van der Waals surface area contributed by atoms with Gasteiger partial charge in [-0.3, -0.25) is 9.78 Å². The van der Waals surface area contributed by atoms with Crippen LogP contribution in [0.1, 0.15) is 25.8 Å². The predicted molar refractivity (Wildman–Crippen MR) is 109 cm³/mol. The fraction of sp³-hybridized carbons (Fsp3) is 0.250. The van der Waals surface area contributed by atoms with Gasteiger partial charge in [-0.15, -0.1) is 10.2 Å². The maximum absolute atomic E-state index is 12.6. The summed E-state index contributed by atoms with van der Waals surface area (Å²) < 4.78 is 2.03.